The highest BCUT2D eigenvalue weighted by atomic mass is 19.1. The van der Waals surface area contributed by atoms with Crippen molar-refractivity contribution in [2.75, 3.05) is 13.1 Å². The van der Waals surface area contributed by atoms with Crippen LogP contribution in [-0.2, 0) is 9.59 Å². The molecule has 2 aliphatic rings. The van der Waals surface area contributed by atoms with E-state index in [1.807, 2.05) is 18.2 Å². The molecule has 0 aromatic heterocycles. The molecule has 4 nitrogen and oxygen atoms in total. The molecule has 4 rings (SSSR count). The maximum atomic E-state index is 13.8. The van der Waals surface area contributed by atoms with Crippen LogP contribution in [0.1, 0.15) is 62.0 Å². The van der Waals surface area contributed by atoms with Gasteiger partial charge < -0.3 is 10.2 Å². The zero-order valence-electron chi connectivity index (χ0n) is 19.1. The van der Waals surface area contributed by atoms with Crippen molar-refractivity contribution < 1.29 is 14.0 Å². The van der Waals surface area contributed by atoms with Crippen molar-refractivity contribution in [2.45, 2.75) is 56.9 Å². The second-order valence-electron chi connectivity index (χ2n) is 9.25. The summed E-state index contributed by atoms with van der Waals surface area (Å²) in [4.78, 5) is 27.7. The highest BCUT2D eigenvalue weighted by Crippen LogP contribution is 2.36. The van der Waals surface area contributed by atoms with Gasteiger partial charge in [0.1, 0.15) is 5.82 Å². The van der Waals surface area contributed by atoms with Gasteiger partial charge in [-0.25, -0.2) is 4.39 Å². The highest BCUT2D eigenvalue weighted by molar-refractivity contribution is 5.92. The summed E-state index contributed by atoms with van der Waals surface area (Å²) in [7, 11) is 0. The van der Waals surface area contributed by atoms with Crippen LogP contribution in [0.4, 0.5) is 4.39 Å². The van der Waals surface area contributed by atoms with Crippen LogP contribution in [0, 0.1) is 11.7 Å². The number of carbonyl (C=O) groups is 2. The van der Waals surface area contributed by atoms with Crippen LogP contribution in [0.2, 0.25) is 0 Å². The Bertz CT molecular complexity index is 961. The molecule has 0 radical (unpaired) electrons. The molecule has 1 saturated carbocycles. The monoisotopic (exact) mass is 448 g/mol. The fourth-order valence-electron chi connectivity index (χ4n) is 5.18. The van der Waals surface area contributed by atoms with E-state index in [0.717, 1.165) is 31.2 Å². The molecule has 2 aromatic carbocycles. The van der Waals surface area contributed by atoms with E-state index in [1.165, 1.54) is 37.5 Å². The SMILES string of the molecule is O=C(NC1CCN(C(=O)/C=C/c2ccccc2F)CC1)C(c1ccccc1)C1CCCCC1. The van der Waals surface area contributed by atoms with Gasteiger partial charge >= 0.3 is 0 Å². The van der Waals surface area contributed by atoms with E-state index in [9.17, 15) is 14.0 Å². The topological polar surface area (TPSA) is 49.4 Å². The summed E-state index contributed by atoms with van der Waals surface area (Å²) in [6.45, 7) is 1.18. The van der Waals surface area contributed by atoms with Gasteiger partial charge in [-0.05, 0) is 49.3 Å². The summed E-state index contributed by atoms with van der Waals surface area (Å²) in [6.07, 6.45) is 10.3. The largest absolute Gasteiger partial charge is 0.353 e. The maximum absolute atomic E-state index is 13.8. The molecule has 1 saturated heterocycles. The molecule has 0 spiro atoms. The van der Waals surface area contributed by atoms with Gasteiger partial charge in [-0.1, -0.05) is 67.8 Å². The second kappa shape index (κ2) is 11.3. The molecule has 1 aliphatic carbocycles. The van der Waals surface area contributed by atoms with E-state index in [2.05, 4.69) is 17.4 Å². The zero-order valence-corrected chi connectivity index (χ0v) is 19.1. The Morgan fingerprint density at radius 1 is 0.909 bits per heavy atom. The maximum Gasteiger partial charge on any atom is 0.246 e. The number of piperidine rings is 1. The van der Waals surface area contributed by atoms with Crippen molar-refractivity contribution in [2.24, 2.45) is 5.92 Å². The predicted molar refractivity (Wildman–Crippen MR) is 129 cm³/mol. The number of hydrogen-bond donors (Lipinski definition) is 1. The van der Waals surface area contributed by atoms with Gasteiger partial charge in [-0.2, -0.15) is 0 Å². The molecule has 33 heavy (non-hydrogen) atoms. The molecule has 1 unspecified atom stereocenters. The fraction of sp³-hybridized carbons (Fsp3) is 0.429. The number of benzene rings is 2. The van der Waals surface area contributed by atoms with Gasteiger partial charge in [0.15, 0.2) is 0 Å². The van der Waals surface area contributed by atoms with E-state index < -0.39 is 0 Å². The molecule has 0 bridgehead atoms. The lowest BCUT2D eigenvalue weighted by atomic mass is 9.76. The lowest BCUT2D eigenvalue weighted by Gasteiger charge is -2.34. The third-order valence-electron chi connectivity index (χ3n) is 7.03. The molecule has 2 aromatic rings. The van der Waals surface area contributed by atoms with E-state index in [4.69, 9.17) is 0 Å². The van der Waals surface area contributed by atoms with Crippen LogP contribution in [0.3, 0.4) is 0 Å². The quantitative estimate of drug-likeness (QED) is 0.609. The number of hydrogen-bond acceptors (Lipinski definition) is 2. The normalized spacial score (nSPS) is 18.9. The van der Waals surface area contributed by atoms with Gasteiger partial charge in [-0.3, -0.25) is 9.59 Å². The van der Waals surface area contributed by atoms with Crippen molar-refractivity contribution in [3.8, 4) is 0 Å². The summed E-state index contributed by atoms with van der Waals surface area (Å²) in [5.74, 6) is -0.0418. The minimum absolute atomic E-state index is 0.0758. The molecule has 2 fully saturated rings. The van der Waals surface area contributed by atoms with Crippen LogP contribution in [0.25, 0.3) is 6.08 Å². The lowest BCUT2D eigenvalue weighted by molar-refractivity contribution is -0.127. The first-order valence-electron chi connectivity index (χ1n) is 12.2. The van der Waals surface area contributed by atoms with Crippen molar-refractivity contribution in [1.29, 1.82) is 0 Å². The minimum Gasteiger partial charge on any atom is -0.353 e. The zero-order chi connectivity index (χ0) is 23.0. The van der Waals surface area contributed by atoms with Crippen LogP contribution in [0.15, 0.2) is 60.7 Å². The van der Waals surface area contributed by atoms with Crippen LogP contribution < -0.4 is 5.32 Å². The van der Waals surface area contributed by atoms with Crippen LogP contribution in [-0.4, -0.2) is 35.8 Å². The van der Waals surface area contributed by atoms with Crippen LogP contribution >= 0.6 is 0 Å². The summed E-state index contributed by atoms with van der Waals surface area (Å²) < 4.78 is 13.8. The van der Waals surface area contributed by atoms with Crippen molar-refractivity contribution in [3.63, 3.8) is 0 Å². The first kappa shape index (κ1) is 23.2. The Morgan fingerprint density at radius 3 is 2.27 bits per heavy atom. The van der Waals surface area contributed by atoms with E-state index in [0.29, 0.717) is 24.6 Å². The van der Waals surface area contributed by atoms with Crippen molar-refractivity contribution >= 4 is 17.9 Å². The summed E-state index contributed by atoms with van der Waals surface area (Å²) in [5, 5.41) is 3.30. The Morgan fingerprint density at radius 2 is 1.58 bits per heavy atom. The van der Waals surface area contributed by atoms with Crippen molar-refractivity contribution in [1.82, 2.24) is 10.2 Å². The first-order chi connectivity index (χ1) is 16.1. The average Bonchev–Trinajstić information content (AvgIpc) is 2.85. The van der Waals surface area contributed by atoms with Gasteiger partial charge in [0.05, 0.1) is 5.92 Å². The Balaban J connectivity index is 1.33. The Kier molecular flexibility index (Phi) is 7.92. The second-order valence-corrected chi connectivity index (χ2v) is 9.25. The molecular weight excluding hydrogens is 415 g/mol. The first-order valence-corrected chi connectivity index (χ1v) is 12.2. The standard InChI is InChI=1S/C28H33FN2O2/c29-25-14-8-7-9-21(25)15-16-26(32)31-19-17-24(18-20-31)30-28(33)27(22-10-3-1-4-11-22)23-12-5-2-6-13-23/h1,3-4,7-11,14-16,23-24,27H,2,5-6,12-13,17-20H2,(H,30,33)/b16-15+. The molecule has 1 N–H and O–H groups in total. The lowest BCUT2D eigenvalue weighted by Crippen LogP contribution is -2.48. The number of likely N-dealkylation sites (tertiary alicyclic amines) is 1. The van der Waals surface area contributed by atoms with Crippen molar-refractivity contribution in [3.05, 3.63) is 77.6 Å². The summed E-state index contributed by atoms with van der Waals surface area (Å²) in [6, 6.07) is 16.6. The van der Waals surface area contributed by atoms with E-state index in [1.54, 1.807) is 23.1 Å². The third kappa shape index (κ3) is 6.10. The Labute approximate surface area is 195 Å². The van der Waals surface area contributed by atoms with Crippen LogP contribution in [0.5, 0.6) is 0 Å². The number of amides is 2. The third-order valence-corrected chi connectivity index (χ3v) is 7.03. The highest BCUT2D eigenvalue weighted by Gasteiger charge is 2.32. The van der Waals surface area contributed by atoms with Gasteiger partial charge in [0.2, 0.25) is 11.8 Å². The molecular formula is C28H33FN2O2. The van der Waals surface area contributed by atoms with Gasteiger partial charge in [0.25, 0.3) is 0 Å². The molecule has 5 heteroatoms. The van der Waals surface area contributed by atoms with Gasteiger partial charge in [0, 0.05) is 30.8 Å². The molecule has 1 heterocycles. The number of carbonyl (C=O) groups excluding carboxylic acids is 2. The summed E-state index contributed by atoms with van der Waals surface area (Å²) in [5.41, 5.74) is 1.51. The minimum atomic E-state index is -0.339. The molecule has 1 atom stereocenters. The average molecular weight is 449 g/mol. The van der Waals surface area contributed by atoms with Gasteiger partial charge in [-0.15, -0.1) is 0 Å². The van der Waals surface area contributed by atoms with E-state index >= 15 is 0 Å². The smallest absolute Gasteiger partial charge is 0.246 e. The Hall–Kier alpha value is -2.95. The predicted octanol–water partition coefficient (Wildman–Crippen LogP) is 5.31. The molecule has 174 valence electrons. The molecule has 1 aliphatic heterocycles. The number of nitrogens with one attached hydrogen (secondary N) is 1. The number of nitrogens with zero attached hydrogens (tertiary/aromatic N) is 1. The molecule has 2 amide bonds. The number of halogens is 1. The number of rotatable bonds is 6. The fourth-order valence-corrected chi connectivity index (χ4v) is 5.18. The summed E-state index contributed by atoms with van der Waals surface area (Å²) >= 11 is 0. The van der Waals surface area contributed by atoms with E-state index in [-0.39, 0.29) is 29.6 Å².